The first-order chi connectivity index (χ1) is 13.4. The number of carbonyl (C=O) groups is 1. The van der Waals surface area contributed by atoms with Crippen LogP contribution in [0.25, 0.3) is 0 Å². The summed E-state index contributed by atoms with van der Waals surface area (Å²) in [5.74, 6) is 0.0494. The van der Waals surface area contributed by atoms with E-state index in [1.165, 1.54) is 0 Å². The van der Waals surface area contributed by atoms with Gasteiger partial charge in [0, 0.05) is 22.9 Å². The molecule has 1 fully saturated rings. The molecule has 6 heteroatoms. The second-order valence-electron chi connectivity index (χ2n) is 7.65. The van der Waals surface area contributed by atoms with E-state index in [0.717, 1.165) is 32.5 Å². The maximum absolute atomic E-state index is 13.2. The van der Waals surface area contributed by atoms with Crippen LogP contribution < -0.4 is 0 Å². The van der Waals surface area contributed by atoms with Crippen molar-refractivity contribution in [2.24, 2.45) is 11.8 Å². The third kappa shape index (κ3) is 3.51. The number of amides is 1. The Labute approximate surface area is 170 Å². The predicted molar refractivity (Wildman–Crippen MR) is 111 cm³/mol. The molecule has 2 aliphatic rings. The van der Waals surface area contributed by atoms with E-state index in [1.807, 2.05) is 37.3 Å². The number of hydrogen-bond acceptors (Lipinski definition) is 4. The van der Waals surface area contributed by atoms with E-state index < -0.39 is 10.0 Å². The molecule has 0 unspecified atom stereocenters. The molecule has 146 valence electrons. The predicted octanol–water partition coefficient (Wildman–Crippen LogP) is 4.62. The molecule has 0 bridgehead atoms. The Balaban J connectivity index is 1.70. The molecule has 1 saturated heterocycles. The van der Waals surface area contributed by atoms with Crippen molar-refractivity contribution in [1.29, 1.82) is 0 Å². The normalized spacial score (nSPS) is 22.5. The number of thioether (sulfide) groups is 1. The molecule has 0 spiro atoms. The molecule has 1 amide bonds. The lowest BCUT2D eigenvalue weighted by atomic mass is 9.83. The minimum atomic E-state index is -3.84. The van der Waals surface area contributed by atoms with E-state index in [4.69, 9.17) is 0 Å². The third-order valence-corrected chi connectivity index (χ3v) is 8.27. The molecule has 0 N–H and O–H groups in total. The van der Waals surface area contributed by atoms with Gasteiger partial charge in [-0.15, -0.1) is 0 Å². The van der Waals surface area contributed by atoms with Crippen LogP contribution in [0, 0.1) is 18.8 Å². The molecule has 1 aliphatic heterocycles. The highest BCUT2D eigenvalue weighted by atomic mass is 32.2. The number of nitrogens with zero attached hydrogens (tertiary/aromatic N) is 1. The zero-order valence-electron chi connectivity index (χ0n) is 16.0. The highest BCUT2D eigenvalue weighted by Gasteiger charge is 2.46. The first-order valence-corrected chi connectivity index (χ1v) is 11.7. The minimum absolute atomic E-state index is 0.0253. The Morgan fingerprint density at radius 2 is 1.71 bits per heavy atom. The number of benzene rings is 2. The number of sulfonamides is 1. The van der Waals surface area contributed by atoms with Crippen molar-refractivity contribution in [3.63, 3.8) is 0 Å². The van der Waals surface area contributed by atoms with E-state index in [9.17, 15) is 13.2 Å². The Bertz CT molecular complexity index is 1030. The van der Waals surface area contributed by atoms with Crippen LogP contribution in [0.3, 0.4) is 0 Å². The van der Waals surface area contributed by atoms with Crippen LogP contribution in [-0.4, -0.2) is 25.2 Å². The van der Waals surface area contributed by atoms with Crippen molar-refractivity contribution in [2.45, 2.75) is 36.5 Å². The maximum Gasteiger partial charge on any atom is 0.266 e. The number of carbonyl (C=O) groups excluding carboxylic acids is 1. The summed E-state index contributed by atoms with van der Waals surface area (Å²) in [6.45, 7) is 4.32. The highest BCUT2D eigenvalue weighted by Crippen LogP contribution is 2.46. The quantitative estimate of drug-likeness (QED) is 0.734. The summed E-state index contributed by atoms with van der Waals surface area (Å²) in [5.41, 5.74) is 1.68. The van der Waals surface area contributed by atoms with Crippen molar-refractivity contribution in [1.82, 2.24) is 4.31 Å². The van der Waals surface area contributed by atoms with Crippen molar-refractivity contribution in [3.05, 3.63) is 70.6 Å². The molecule has 4 rings (SSSR count). The minimum Gasteiger partial charge on any atom is -0.268 e. The summed E-state index contributed by atoms with van der Waals surface area (Å²) >= 11 is 1.60. The molecule has 2 aromatic rings. The van der Waals surface area contributed by atoms with Gasteiger partial charge in [-0.25, -0.2) is 12.7 Å². The van der Waals surface area contributed by atoms with Crippen LogP contribution in [0.2, 0.25) is 0 Å². The maximum atomic E-state index is 13.2. The van der Waals surface area contributed by atoms with Crippen LogP contribution in [0.4, 0.5) is 0 Å². The smallest absolute Gasteiger partial charge is 0.266 e. The molecule has 4 nitrogen and oxygen atoms in total. The molecule has 0 saturated carbocycles. The summed E-state index contributed by atoms with van der Waals surface area (Å²) in [7, 11) is -3.84. The largest absolute Gasteiger partial charge is 0.268 e. The first kappa shape index (κ1) is 19.3. The van der Waals surface area contributed by atoms with Crippen LogP contribution in [0.5, 0.6) is 0 Å². The number of allylic oxidation sites excluding steroid dienone is 1. The molecule has 2 aromatic carbocycles. The average Bonchev–Trinajstić information content (AvgIpc) is 3.00. The SMILES string of the molecule is Cc1ccc(S(=O)(=O)N2C[C@@H]3C[C@@H](C)CC(Sc4ccccc4)=C3C2=O)cc1. The van der Waals surface area contributed by atoms with Gasteiger partial charge >= 0.3 is 0 Å². The lowest BCUT2D eigenvalue weighted by Crippen LogP contribution is -2.32. The lowest BCUT2D eigenvalue weighted by molar-refractivity contribution is -0.120. The van der Waals surface area contributed by atoms with Crippen LogP contribution in [0.1, 0.15) is 25.3 Å². The van der Waals surface area contributed by atoms with E-state index in [2.05, 4.69) is 6.92 Å². The first-order valence-electron chi connectivity index (χ1n) is 9.46. The summed E-state index contributed by atoms with van der Waals surface area (Å²) in [6, 6.07) is 16.6. The Kier molecular flexibility index (Phi) is 5.10. The van der Waals surface area contributed by atoms with Crippen LogP contribution in [0.15, 0.2) is 74.9 Å². The van der Waals surface area contributed by atoms with Crippen LogP contribution >= 0.6 is 11.8 Å². The van der Waals surface area contributed by atoms with Gasteiger partial charge in [0.15, 0.2) is 0 Å². The summed E-state index contributed by atoms with van der Waals surface area (Å²) in [5, 5.41) is 0. The monoisotopic (exact) mass is 413 g/mol. The Hall–Kier alpha value is -2.05. The summed E-state index contributed by atoms with van der Waals surface area (Å²) < 4.78 is 27.3. The molecule has 1 aliphatic carbocycles. The standard InChI is InChI=1S/C22H23NO3S2/c1-15-8-10-19(11-9-15)28(25,26)23-14-17-12-16(2)13-20(21(17)22(23)24)27-18-6-4-3-5-7-18/h3-11,16-17H,12-14H2,1-2H3/t16-,17+/m1/s1. The molecule has 28 heavy (non-hydrogen) atoms. The van der Waals surface area contributed by atoms with E-state index in [0.29, 0.717) is 11.5 Å². The van der Waals surface area contributed by atoms with Crippen LogP contribution in [-0.2, 0) is 14.8 Å². The van der Waals surface area contributed by atoms with E-state index in [-0.39, 0.29) is 23.3 Å². The number of aryl methyl sites for hydroxylation is 1. The van der Waals surface area contributed by atoms with Gasteiger partial charge in [0.2, 0.25) is 0 Å². The van der Waals surface area contributed by atoms with Gasteiger partial charge in [0.25, 0.3) is 15.9 Å². The van der Waals surface area contributed by atoms with Gasteiger partial charge in [-0.3, -0.25) is 4.79 Å². The van der Waals surface area contributed by atoms with Gasteiger partial charge < -0.3 is 0 Å². The molecular weight excluding hydrogens is 390 g/mol. The Morgan fingerprint density at radius 3 is 2.39 bits per heavy atom. The number of hydrogen-bond donors (Lipinski definition) is 0. The summed E-state index contributed by atoms with van der Waals surface area (Å²) in [6.07, 6.45) is 1.66. The summed E-state index contributed by atoms with van der Waals surface area (Å²) in [4.78, 5) is 15.5. The second-order valence-corrected chi connectivity index (χ2v) is 10.7. The van der Waals surface area contributed by atoms with Gasteiger partial charge in [0.1, 0.15) is 0 Å². The lowest BCUT2D eigenvalue weighted by Gasteiger charge is -2.25. The fourth-order valence-electron chi connectivity index (χ4n) is 3.99. The van der Waals surface area contributed by atoms with Gasteiger partial charge in [0.05, 0.1) is 4.90 Å². The zero-order valence-corrected chi connectivity index (χ0v) is 17.6. The fraction of sp³-hybridized carbons (Fsp3) is 0.318. The molecular formula is C22H23NO3S2. The van der Waals surface area contributed by atoms with Crippen molar-refractivity contribution < 1.29 is 13.2 Å². The molecule has 0 aromatic heterocycles. The zero-order chi connectivity index (χ0) is 19.9. The molecule has 2 atom stereocenters. The number of fused-ring (bicyclic) bond motifs is 1. The average molecular weight is 414 g/mol. The van der Waals surface area contributed by atoms with E-state index in [1.54, 1.807) is 36.0 Å². The van der Waals surface area contributed by atoms with Crippen molar-refractivity contribution >= 4 is 27.7 Å². The fourth-order valence-corrected chi connectivity index (χ4v) is 6.73. The molecule has 1 heterocycles. The number of rotatable bonds is 4. The van der Waals surface area contributed by atoms with Crippen molar-refractivity contribution in [3.8, 4) is 0 Å². The topological polar surface area (TPSA) is 54.5 Å². The highest BCUT2D eigenvalue weighted by molar-refractivity contribution is 8.03. The third-order valence-electron chi connectivity index (χ3n) is 5.37. The second kappa shape index (κ2) is 7.41. The van der Waals surface area contributed by atoms with Crippen molar-refractivity contribution in [2.75, 3.05) is 6.54 Å². The van der Waals surface area contributed by atoms with Gasteiger partial charge in [-0.2, -0.15) is 0 Å². The van der Waals surface area contributed by atoms with Gasteiger partial charge in [-0.1, -0.05) is 54.6 Å². The molecule has 0 radical (unpaired) electrons. The Morgan fingerprint density at radius 1 is 1.04 bits per heavy atom. The van der Waals surface area contributed by atoms with Gasteiger partial charge in [-0.05, 0) is 54.9 Å². The van der Waals surface area contributed by atoms with E-state index >= 15 is 0 Å².